The Hall–Kier alpha value is -2.00. The van der Waals surface area contributed by atoms with Crippen molar-refractivity contribution in [1.29, 1.82) is 0 Å². The van der Waals surface area contributed by atoms with Gasteiger partial charge in [-0.1, -0.05) is 24.3 Å². The van der Waals surface area contributed by atoms with Crippen LogP contribution >= 0.6 is 0 Å². The van der Waals surface area contributed by atoms with Crippen LogP contribution in [0.15, 0.2) is 48.5 Å². The first kappa shape index (κ1) is 13.4. The van der Waals surface area contributed by atoms with Crippen molar-refractivity contribution < 1.29 is 10.2 Å². The second kappa shape index (κ2) is 6.25. The molecule has 0 spiro atoms. The number of phenols is 2. The maximum Gasteiger partial charge on any atom is 0.115 e. The Kier molecular flexibility index (Phi) is 4.42. The van der Waals surface area contributed by atoms with Gasteiger partial charge in [0.1, 0.15) is 11.5 Å². The molecule has 2 rings (SSSR count). The van der Waals surface area contributed by atoms with Gasteiger partial charge in [0.05, 0.1) is 0 Å². The van der Waals surface area contributed by atoms with Gasteiger partial charge in [0.15, 0.2) is 0 Å². The second-order valence-electron chi connectivity index (χ2n) is 4.68. The highest BCUT2D eigenvalue weighted by atomic mass is 16.3. The van der Waals surface area contributed by atoms with Crippen LogP contribution in [0.4, 0.5) is 0 Å². The Balaban J connectivity index is 1.82. The third kappa shape index (κ3) is 4.00. The van der Waals surface area contributed by atoms with Gasteiger partial charge >= 0.3 is 0 Å². The zero-order valence-electron chi connectivity index (χ0n) is 11.0. The normalized spacial score (nSPS) is 12.3. The molecule has 0 aliphatic carbocycles. The van der Waals surface area contributed by atoms with Crippen molar-refractivity contribution in [3.05, 3.63) is 59.7 Å². The molecule has 0 radical (unpaired) electrons. The van der Waals surface area contributed by atoms with E-state index in [4.69, 9.17) is 0 Å². The Labute approximate surface area is 113 Å². The maximum absolute atomic E-state index is 9.24. The fraction of sp³-hybridized carbons (Fsp3) is 0.250. The molecule has 100 valence electrons. The zero-order chi connectivity index (χ0) is 13.7. The molecule has 0 saturated heterocycles. The molecule has 3 N–H and O–H groups in total. The van der Waals surface area contributed by atoms with E-state index in [9.17, 15) is 10.2 Å². The molecule has 19 heavy (non-hydrogen) atoms. The summed E-state index contributed by atoms with van der Waals surface area (Å²) in [7, 11) is 0. The lowest BCUT2D eigenvalue weighted by Crippen LogP contribution is -2.21. The van der Waals surface area contributed by atoms with Crippen molar-refractivity contribution in [2.24, 2.45) is 0 Å². The van der Waals surface area contributed by atoms with E-state index < -0.39 is 0 Å². The fourth-order valence-corrected chi connectivity index (χ4v) is 1.98. The Bertz CT molecular complexity index is 505. The van der Waals surface area contributed by atoms with Crippen molar-refractivity contribution in [3.8, 4) is 11.5 Å². The molecule has 0 aliphatic rings. The first-order chi connectivity index (χ1) is 9.15. The van der Waals surface area contributed by atoms with Crippen LogP contribution in [0.1, 0.15) is 24.1 Å². The zero-order valence-corrected chi connectivity index (χ0v) is 11.0. The van der Waals surface area contributed by atoms with Crippen molar-refractivity contribution in [2.75, 3.05) is 6.54 Å². The van der Waals surface area contributed by atoms with Gasteiger partial charge in [0, 0.05) is 6.04 Å². The van der Waals surface area contributed by atoms with Gasteiger partial charge < -0.3 is 15.5 Å². The molecule has 0 heterocycles. The molecule has 2 aromatic carbocycles. The number of rotatable bonds is 5. The Morgan fingerprint density at radius 3 is 2.00 bits per heavy atom. The van der Waals surface area contributed by atoms with Crippen molar-refractivity contribution in [2.45, 2.75) is 19.4 Å². The number of hydrogen-bond donors (Lipinski definition) is 3. The van der Waals surface area contributed by atoms with Crippen LogP contribution in [-0.4, -0.2) is 16.8 Å². The maximum atomic E-state index is 9.24. The lowest BCUT2D eigenvalue weighted by molar-refractivity contribution is 0.473. The highest BCUT2D eigenvalue weighted by molar-refractivity contribution is 5.28. The van der Waals surface area contributed by atoms with Crippen LogP contribution in [-0.2, 0) is 6.42 Å². The van der Waals surface area contributed by atoms with Crippen LogP contribution in [0.25, 0.3) is 0 Å². The molecule has 0 fully saturated rings. The molecule has 0 aromatic heterocycles. The van der Waals surface area contributed by atoms with E-state index in [0.29, 0.717) is 11.5 Å². The Morgan fingerprint density at radius 2 is 1.42 bits per heavy atom. The summed E-state index contributed by atoms with van der Waals surface area (Å²) in [5.74, 6) is 0.592. The van der Waals surface area contributed by atoms with E-state index >= 15 is 0 Å². The minimum absolute atomic E-state index is 0.248. The van der Waals surface area contributed by atoms with Gasteiger partial charge in [-0.05, 0) is 55.3 Å². The van der Waals surface area contributed by atoms with E-state index in [2.05, 4.69) is 12.2 Å². The average Bonchev–Trinajstić information content (AvgIpc) is 2.41. The van der Waals surface area contributed by atoms with Gasteiger partial charge in [-0.2, -0.15) is 0 Å². The molecule has 3 nitrogen and oxygen atoms in total. The van der Waals surface area contributed by atoms with E-state index in [1.54, 1.807) is 24.3 Å². The third-order valence-electron chi connectivity index (χ3n) is 3.19. The number of phenolic OH excluding ortho intramolecular Hbond substituents is 2. The molecule has 2 aromatic rings. The van der Waals surface area contributed by atoms with Crippen LogP contribution in [0.3, 0.4) is 0 Å². The first-order valence-electron chi connectivity index (χ1n) is 6.45. The van der Waals surface area contributed by atoms with Crippen LogP contribution < -0.4 is 5.32 Å². The summed E-state index contributed by atoms with van der Waals surface area (Å²) in [4.78, 5) is 0. The lowest BCUT2D eigenvalue weighted by Gasteiger charge is -2.14. The monoisotopic (exact) mass is 257 g/mol. The van der Waals surface area contributed by atoms with E-state index in [1.807, 2.05) is 24.3 Å². The number of aromatic hydroxyl groups is 2. The van der Waals surface area contributed by atoms with Gasteiger partial charge in [-0.3, -0.25) is 0 Å². The van der Waals surface area contributed by atoms with E-state index in [-0.39, 0.29) is 6.04 Å². The molecule has 0 aliphatic heterocycles. The molecule has 0 amide bonds. The summed E-state index contributed by atoms with van der Waals surface area (Å²) in [5.41, 5.74) is 2.35. The molecule has 0 bridgehead atoms. The highest BCUT2D eigenvalue weighted by Gasteiger charge is 2.04. The summed E-state index contributed by atoms with van der Waals surface area (Å²) in [5, 5.41) is 21.9. The van der Waals surface area contributed by atoms with Crippen molar-refractivity contribution in [1.82, 2.24) is 5.32 Å². The quantitative estimate of drug-likeness (QED) is 0.771. The predicted molar refractivity (Wildman–Crippen MR) is 76.3 cm³/mol. The molecule has 0 saturated carbocycles. The summed E-state index contributed by atoms with van der Waals surface area (Å²) in [6.07, 6.45) is 0.919. The molecular formula is C16H19NO2. The molecular weight excluding hydrogens is 238 g/mol. The van der Waals surface area contributed by atoms with Crippen LogP contribution in [0, 0.1) is 0 Å². The minimum atomic E-state index is 0.248. The molecule has 1 unspecified atom stereocenters. The lowest BCUT2D eigenvalue weighted by atomic mass is 10.1. The number of benzene rings is 2. The number of nitrogens with one attached hydrogen (secondary N) is 1. The summed E-state index contributed by atoms with van der Waals surface area (Å²) in [6.45, 7) is 2.97. The smallest absolute Gasteiger partial charge is 0.115 e. The van der Waals surface area contributed by atoms with Gasteiger partial charge in [-0.15, -0.1) is 0 Å². The first-order valence-corrected chi connectivity index (χ1v) is 6.45. The standard InChI is InChI=1S/C16H19NO2/c1-12(14-4-8-16(19)9-5-14)17-11-10-13-2-6-15(18)7-3-13/h2-9,12,17-19H,10-11H2,1H3. The summed E-state index contributed by atoms with van der Waals surface area (Å²) in [6, 6.07) is 14.8. The van der Waals surface area contributed by atoms with Gasteiger partial charge in [0.2, 0.25) is 0 Å². The molecule has 3 heteroatoms. The predicted octanol–water partition coefficient (Wildman–Crippen LogP) is 2.99. The fourth-order valence-electron chi connectivity index (χ4n) is 1.98. The van der Waals surface area contributed by atoms with Gasteiger partial charge in [0.25, 0.3) is 0 Å². The SMILES string of the molecule is CC(NCCc1ccc(O)cc1)c1ccc(O)cc1. The largest absolute Gasteiger partial charge is 0.508 e. The Morgan fingerprint density at radius 1 is 0.895 bits per heavy atom. The highest BCUT2D eigenvalue weighted by Crippen LogP contribution is 2.16. The summed E-state index contributed by atoms with van der Waals surface area (Å²) < 4.78 is 0. The van der Waals surface area contributed by atoms with E-state index in [0.717, 1.165) is 18.5 Å². The minimum Gasteiger partial charge on any atom is -0.508 e. The number of hydrogen-bond acceptors (Lipinski definition) is 3. The van der Waals surface area contributed by atoms with Gasteiger partial charge in [-0.25, -0.2) is 0 Å². The summed E-state index contributed by atoms with van der Waals surface area (Å²) >= 11 is 0. The third-order valence-corrected chi connectivity index (χ3v) is 3.19. The van der Waals surface area contributed by atoms with Crippen molar-refractivity contribution >= 4 is 0 Å². The molecule has 1 atom stereocenters. The second-order valence-corrected chi connectivity index (χ2v) is 4.68. The van der Waals surface area contributed by atoms with E-state index in [1.165, 1.54) is 5.56 Å². The van der Waals surface area contributed by atoms with Crippen molar-refractivity contribution in [3.63, 3.8) is 0 Å². The topological polar surface area (TPSA) is 52.5 Å². The van der Waals surface area contributed by atoms with Crippen LogP contribution in [0.2, 0.25) is 0 Å². The average molecular weight is 257 g/mol. The van der Waals surface area contributed by atoms with Crippen LogP contribution in [0.5, 0.6) is 11.5 Å².